The molecule has 1 nitrogen and oxygen atoms in total. The third-order valence-electron chi connectivity index (χ3n) is 2.65. The summed E-state index contributed by atoms with van der Waals surface area (Å²) in [6.45, 7) is 0. The quantitative estimate of drug-likeness (QED) is 0.883. The fourth-order valence-corrected chi connectivity index (χ4v) is 2.33. The van der Waals surface area contributed by atoms with Crippen molar-refractivity contribution in [1.29, 1.82) is 0 Å². The van der Waals surface area contributed by atoms with Gasteiger partial charge >= 0.3 is 0 Å². The molecule has 3 heteroatoms. The van der Waals surface area contributed by atoms with Crippen LogP contribution in [0.2, 0.25) is 0 Å². The Kier molecular flexibility index (Phi) is 2.88. The van der Waals surface area contributed by atoms with Crippen molar-refractivity contribution < 1.29 is 4.39 Å². The summed E-state index contributed by atoms with van der Waals surface area (Å²) in [6.07, 6.45) is 3.40. The lowest BCUT2D eigenvalue weighted by Gasteiger charge is -2.14. The Labute approximate surface area is 91.6 Å². The minimum absolute atomic E-state index is 0.168. The minimum atomic E-state index is -0.201. The molecule has 0 radical (unpaired) electrons. The maximum Gasteiger partial charge on any atom is 0.129 e. The van der Waals surface area contributed by atoms with E-state index in [0.29, 0.717) is 5.56 Å². The van der Waals surface area contributed by atoms with Crippen LogP contribution in [0.15, 0.2) is 22.7 Å². The molecule has 1 unspecified atom stereocenters. The van der Waals surface area contributed by atoms with E-state index >= 15 is 0 Å². The van der Waals surface area contributed by atoms with Gasteiger partial charge in [-0.3, -0.25) is 0 Å². The number of rotatable bonds is 3. The molecule has 2 N–H and O–H groups in total. The Hall–Kier alpha value is -0.410. The molecule has 1 aliphatic carbocycles. The summed E-state index contributed by atoms with van der Waals surface area (Å²) in [4.78, 5) is 0. The fourth-order valence-electron chi connectivity index (χ4n) is 1.70. The maximum atomic E-state index is 13.5. The molecule has 1 fully saturated rings. The summed E-state index contributed by atoms with van der Waals surface area (Å²) in [5.41, 5.74) is 6.59. The van der Waals surface area contributed by atoms with Crippen LogP contribution in [0, 0.1) is 11.7 Å². The summed E-state index contributed by atoms with van der Waals surface area (Å²) in [7, 11) is 0. The number of benzene rings is 1. The Morgan fingerprint density at radius 3 is 2.79 bits per heavy atom. The lowest BCUT2D eigenvalue weighted by atomic mass is 10.0. The first-order valence-electron chi connectivity index (χ1n) is 4.88. The highest BCUT2D eigenvalue weighted by atomic mass is 79.9. The molecule has 1 saturated carbocycles. The van der Waals surface area contributed by atoms with E-state index < -0.39 is 0 Å². The van der Waals surface area contributed by atoms with Gasteiger partial charge in [0.05, 0.1) is 0 Å². The average molecular weight is 258 g/mol. The van der Waals surface area contributed by atoms with Crippen LogP contribution in [0.5, 0.6) is 0 Å². The van der Waals surface area contributed by atoms with Crippen LogP contribution < -0.4 is 5.73 Å². The zero-order chi connectivity index (χ0) is 10.1. The molecule has 76 valence electrons. The van der Waals surface area contributed by atoms with Gasteiger partial charge in [0.25, 0.3) is 0 Å². The first-order valence-corrected chi connectivity index (χ1v) is 5.67. The van der Waals surface area contributed by atoms with E-state index in [-0.39, 0.29) is 11.9 Å². The molecule has 14 heavy (non-hydrogen) atoms. The molecular weight excluding hydrogens is 245 g/mol. The predicted octanol–water partition coefficient (Wildman–Crippen LogP) is 3.39. The van der Waals surface area contributed by atoms with Gasteiger partial charge in [-0.1, -0.05) is 34.8 Å². The second kappa shape index (κ2) is 3.99. The van der Waals surface area contributed by atoms with Crippen LogP contribution in [0.3, 0.4) is 0 Å². The van der Waals surface area contributed by atoms with Gasteiger partial charge in [-0.25, -0.2) is 4.39 Å². The summed E-state index contributed by atoms with van der Waals surface area (Å²) < 4.78 is 14.2. The molecule has 0 heterocycles. The Morgan fingerprint density at radius 1 is 1.50 bits per heavy atom. The number of halogens is 2. The SMILES string of the molecule is NC(CC1CC1)c1c(F)cccc1Br. The van der Waals surface area contributed by atoms with Crippen LogP contribution in [-0.2, 0) is 0 Å². The molecule has 0 amide bonds. The third-order valence-corrected chi connectivity index (χ3v) is 3.35. The Morgan fingerprint density at radius 2 is 2.21 bits per heavy atom. The highest BCUT2D eigenvalue weighted by Gasteiger charge is 2.26. The van der Waals surface area contributed by atoms with Gasteiger partial charge in [0.2, 0.25) is 0 Å². The molecule has 1 aliphatic rings. The molecule has 1 aromatic rings. The average Bonchev–Trinajstić information content (AvgIpc) is 2.87. The van der Waals surface area contributed by atoms with E-state index in [1.54, 1.807) is 6.07 Å². The monoisotopic (exact) mass is 257 g/mol. The zero-order valence-electron chi connectivity index (χ0n) is 7.84. The molecule has 0 aliphatic heterocycles. The molecule has 0 bridgehead atoms. The highest BCUT2D eigenvalue weighted by Crippen LogP contribution is 2.38. The van der Waals surface area contributed by atoms with Crippen molar-refractivity contribution in [2.24, 2.45) is 11.7 Å². The van der Waals surface area contributed by atoms with Gasteiger partial charge in [-0.15, -0.1) is 0 Å². The third kappa shape index (κ3) is 2.15. The largest absolute Gasteiger partial charge is 0.324 e. The van der Waals surface area contributed by atoms with Crippen molar-refractivity contribution in [3.8, 4) is 0 Å². The second-order valence-electron chi connectivity index (χ2n) is 3.92. The summed E-state index contributed by atoms with van der Waals surface area (Å²) in [5, 5.41) is 0. The molecule has 0 aromatic heterocycles. The van der Waals surface area contributed by atoms with Gasteiger partial charge in [0.15, 0.2) is 0 Å². The summed E-state index contributed by atoms with van der Waals surface area (Å²) in [6, 6.07) is 4.82. The molecule has 1 atom stereocenters. The van der Waals surface area contributed by atoms with Crippen LogP contribution in [-0.4, -0.2) is 0 Å². The van der Waals surface area contributed by atoms with Crippen molar-refractivity contribution >= 4 is 15.9 Å². The van der Waals surface area contributed by atoms with Crippen molar-refractivity contribution in [3.63, 3.8) is 0 Å². The van der Waals surface area contributed by atoms with Gasteiger partial charge in [0, 0.05) is 16.1 Å². The van der Waals surface area contributed by atoms with E-state index in [0.717, 1.165) is 16.8 Å². The summed E-state index contributed by atoms with van der Waals surface area (Å²) in [5.74, 6) is 0.518. The van der Waals surface area contributed by atoms with Gasteiger partial charge in [-0.2, -0.15) is 0 Å². The van der Waals surface area contributed by atoms with Crippen LogP contribution in [0.25, 0.3) is 0 Å². The number of hydrogen-bond acceptors (Lipinski definition) is 1. The Balaban J connectivity index is 2.19. The predicted molar refractivity (Wildman–Crippen MR) is 58.4 cm³/mol. The maximum absolute atomic E-state index is 13.5. The minimum Gasteiger partial charge on any atom is -0.324 e. The van der Waals surface area contributed by atoms with Gasteiger partial charge in [-0.05, 0) is 24.5 Å². The second-order valence-corrected chi connectivity index (χ2v) is 4.78. The normalized spacial score (nSPS) is 18.2. The first-order chi connectivity index (χ1) is 6.68. The molecule has 2 rings (SSSR count). The highest BCUT2D eigenvalue weighted by molar-refractivity contribution is 9.10. The zero-order valence-corrected chi connectivity index (χ0v) is 9.43. The fraction of sp³-hybridized carbons (Fsp3) is 0.455. The van der Waals surface area contributed by atoms with Crippen LogP contribution >= 0.6 is 15.9 Å². The van der Waals surface area contributed by atoms with Gasteiger partial charge in [0.1, 0.15) is 5.82 Å². The first kappa shape index (κ1) is 10.1. The van der Waals surface area contributed by atoms with E-state index in [4.69, 9.17) is 5.73 Å². The molecule has 0 saturated heterocycles. The van der Waals surface area contributed by atoms with Crippen LogP contribution in [0.4, 0.5) is 4.39 Å². The lowest BCUT2D eigenvalue weighted by molar-refractivity contribution is 0.540. The topological polar surface area (TPSA) is 26.0 Å². The van der Waals surface area contributed by atoms with Crippen LogP contribution in [0.1, 0.15) is 30.9 Å². The number of hydrogen-bond donors (Lipinski definition) is 1. The Bertz CT molecular complexity index is 316. The number of nitrogens with two attached hydrogens (primary N) is 1. The van der Waals surface area contributed by atoms with E-state index in [9.17, 15) is 4.39 Å². The standard InChI is InChI=1S/C11H13BrFN/c12-8-2-1-3-9(13)11(8)10(14)6-7-4-5-7/h1-3,7,10H,4-6,14H2. The van der Waals surface area contributed by atoms with E-state index in [1.165, 1.54) is 18.9 Å². The molecule has 1 aromatic carbocycles. The lowest BCUT2D eigenvalue weighted by Crippen LogP contribution is -2.13. The van der Waals surface area contributed by atoms with Crippen molar-refractivity contribution in [3.05, 3.63) is 34.1 Å². The van der Waals surface area contributed by atoms with Crippen molar-refractivity contribution in [2.45, 2.75) is 25.3 Å². The smallest absolute Gasteiger partial charge is 0.129 e. The van der Waals surface area contributed by atoms with Crippen molar-refractivity contribution in [2.75, 3.05) is 0 Å². The molecular formula is C11H13BrFN. The summed E-state index contributed by atoms with van der Waals surface area (Å²) >= 11 is 3.34. The van der Waals surface area contributed by atoms with E-state index in [1.807, 2.05) is 6.07 Å². The van der Waals surface area contributed by atoms with Gasteiger partial charge < -0.3 is 5.73 Å². The van der Waals surface area contributed by atoms with Crippen molar-refractivity contribution in [1.82, 2.24) is 0 Å². The van der Waals surface area contributed by atoms with E-state index in [2.05, 4.69) is 15.9 Å². The molecule has 0 spiro atoms.